The molecular weight excluding hydrogens is 438 g/mol. The number of benzene rings is 2. The molecule has 0 aliphatic carbocycles. The Morgan fingerprint density at radius 1 is 0.971 bits per heavy atom. The Morgan fingerprint density at radius 3 is 2.26 bits per heavy atom. The number of carbonyl (C=O) groups is 2. The summed E-state index contributed by atoms with van der Waals surface area (Å²) in [6.45, 7) is 8.38. The average Bonchev–Trinajstić information content (AvgIpc) is 2.84. The van der Waals surface area contributed by atoms with E-state index in [2.05, 4.69) is 5.16 Å². The van der Waals surface area contributed by atoms with Gasteiger partial charge in [-0.2, -0.15) is 0 Å². The van der Waals surface area contributed by atoms with Crippen molar-refractivity contribution >= 4 is 17.7 Å². The highest BCUT2D eigenvalue weighted by atomic mass is 16.6. The number of methoxy groups -OCH3 is 1. The van der Waals surface area contributed by atoms with Gasteiger partial charge in [0.05, 0.1) is 12.5 Å². The van der Waals surface area contributed by atoms with E-state index in [9.17, 15) is 9.59 Å². The summed E-state index contributed by atoms with van der Waals surface area (Å²) in [4.78, 5) is 28.9. The van der Waals surface area contributed by atoms with Gasteiger partial charge in [0.15, 0.2) is 5.71 Å². The number of ether oxygens (including phenoxy) is 4. The van der Waals surface area contributed by atoms with Gasteiger partial charge >= 0.3 is 11.9 Å². The Balaban J connectivity index is 1.94. The maximum atomic E-state index is 12.3. The van der Waals surface area contributed by atoms with Crippen molar-refractivity contribution in [3.63, 3.8) is 0 Å². The van der Waals surface area contributed by atoms with Crippen LogP contribution in [0, 0.1) is 12.3 Å². The molecule has 2 aromatic rings. The fourth-order valence-corrected chi connectivity index (χ4v) is 2.92. The quantitative estimate of drug-likeness (QED) is 0.195. The first kappa shape index (κ1) is 26.7. The number of hydrogen-bond acceptors (Lipinski definition) is 8. The van der Waals surface area contributed by atoms with Crippen molar-refractivity contribution in [2.45, 2.75) is 40.7 Å². The lowest BCUT2D eigenvalue weighted by atomic mass is 9.91. The molecule has 0 bridgehead atoms. The lowest BCUT2D eigenvalue weighted by Gasteiger charge is -2.21. The normalized spacial score (nSPS) is 11.5. The molecule has 0 atom stereocenters. The predicted octanol–water partition coefficient (Wildman–Crippen LogP) is 4.46. The smallest absolute Gasteiger partial charge is 0.360 e. The molecule has 0 saturated carbocycles. The van der Waals surface area contributed by atoms with Crippen molar-refractivity contribution in [3.8, 4) is 11.5 Å². The summed E-state index contributed by atoms with van der Waals surface area (Å²) in [5.41, 5.74) is 1.83. The van der Waals surface area contributed by atoms with Crippen LogP contribution in [0.1, 0.15) is 43.9 Å². The van der Waals surface area contributed by atoms with Crippen molar-refractivity contribution in [1.29, 1.82) is 0 Å². The highest BCUT2D eigenvalue weighted by molar-refractivity contribution is 6.43. The molecule has 0 heterocycles. The maximum absolute atomic E-state index is 12.3. The molecule has 8 nitrogen and oxygen atoms in total. The van der Waals surface area contributed by atoms with Gasteiger partial charge in [-0.3, -0.25) is 4.79 Å². The zero-order valence-corrected chi connectivity index (χ0v) is 20.7. The summed E-state index contributed by atoms with van der Waals surface area (Å²) >= 11 is 0. The molecule has 0 N–H and O–H groups in total. The van der Waals surface area contributed by atoms with E-state index in [1.165, 1.54) is 14.2 Å². The van der Waals surface area contributed by atoms with Gasteiger partial charge in [-0.1, -0.05) is 30.3 Å². The predicted molar refractivity (Wildman–Crippen MR) is 128 cm³/mol. The minimum Gasteiger partial charge on any atom is -0.490 e. The van der Waals surface area contributed by atoms with E-state index >= 15 is 0 Å². The highest BCUT2D eigenvalue weighted by Crippen LogP contribution is 2.27. The van der Waals surface area contributed by atoms with Gasteiger partial charge in [0.2, 0.25) is 0 Å². The summed E-state index contributed by atoms with van der Waals surface area (Å²) in [6, 6.07) is 12.6. The molecular formula is C26H33NO7. The van der Waals surface area contributed by atoms with Crippen molar-refractivity contribution in [2.75, 3.05) is 27.4 Å². The number of carbonyl (C=O) groups excluding carboxylic acids is 2. The van der Waals surface area contributed by atoms with E-state index < -0.39 is 11.4 Å². The SMILES string of the molecule is CCC(C)(C)C(=O)OCc1cccc(C)c1OCCOc1ccc(C(=NOC)C(=O)OC)cc1. The third-order valence-corrected chi connectivity index (χ3v) is 5.38. The summed E-state index contributed by atoms with van der Waals surface area (Å²) in [6.07, 6.45) is 0.699. The van der Waals surface area contributed by atoms with Crippen LogP contribution in [0.4, 0.5) is 0 Å². The largest absolute Gasteiger partial charge is 0.490 e. The zero-order chi connectivity index (χ0) is 25.1. The van der Waals surface area contributed by atoms with Crippen LogP contribution in [-0.4, -0.2) is 45.1 Å². The van der Waals surface area contributed by atoms with E-state index in [1.54, 1.807) is 24.3 Å². The number of nitrogens with zero attached hydrogens (tertiary/aromatic N) is 1. The Hall–Kier alpha value is -3.55. The highest BCUT2D eigenvalue weighted by Gasteiger charge is 2.27. The second-order valence-corrected chi connectivity index (χ2v) is 8.21. The number of oxime groups is 1. The number of hydrogen-bond donors (Lipinski definition) is 0. The van der Waals surface area contributed by atoms with Crippen LogP contribution in [0.25, 0.3) is 0 Å². The summed E-state index contributed by atoms with van der Waals surface area (Å²) in [5, 5.41) is 3.71. The lowest BCUT2D eigenvalue weighted by molar-refractivity contribution is -0.155. The summed E-state index contributed by atoms with van der Waals surface area (Å²) in [7, 11) is 2.64. The molecule has 8 heteroatoms. The van der Waals surface area contributed by atoms with Crippen LogP contribution in [0.2, 0.25) is 0 Å². The van der Waals surface area contributed by atoms with Crippen LogP contribution in [0.15, 0.2) is 47.6 Å². The van der Waals surface area contributed by atoms with Gasteiger partial charge in [-0.05, 0) is 57.0 Å². The first-order valence-electron chi connectivity index (χ1n) is 11.0. The second kappa shape index (κ2) is 12.6. The lowest BCUT2D eigenvalue weighted by Crippen LogP contribution is -2.25. The number of rotatable bonds is 12. The third-order valence-electron chi connectivity index (χ3n) is 5.38. The summed E-state index contributed by atoms with van der Waals surface area (Å²) in [5.74, 6) is 0.457. The van der Waals surface area contributed by atoms with Gasteiger partial charge in [0, 0.05) is 11.1 Å². The number of aryl methyl sites for hydroxylation is 1. The molecule has 0 radical (unpaired) electrons. The van der Waals surface area contributed by atoms with Crippen LogP contribution < -0.4 is 9.47 Å². The van der Waals surface area contributed by atoms with Crippen molar-refractivity contribution in [2.24, 2.45) is 10.6 Å². The van der Waals surface area contributed by atoms with Crippen molar-refractivity contribution < 1.29 is 33.4 Å². The van der Waals surface area contributed by atoms with Crippen LogP contribution in [-0.2, 0) is 30.5 Å². The Kier molecular flexibility index (Phi) is 9.92. The van der Waals surface area contributed by atoms with Crippen LogP contribution >= 0.6 is 0 Å². The minimum absolute atomic E-state index is 0.0648. The number of para-hydroxylation sites is 1. The van der Waals surface area contributed by atoms with Gasteiger partial charge in [0.1, 0.15) is 38.4 Å². The van der Waals surface area contributed by atoms with E-state index in [-0.39, 0.29) is 18.3 Å². The Labute approximate surface area is 200 Å². The second-order valence-electron chi connectivity index (χ2n) is 8.21. The van der Waals surface area contributed by atoms with E-state index in [1.807, 2.05) is 45.9 Å². The topological polar surface area (TPSA) is 92.7 Å². The number of esters is 2. The van der Waals surface area contributed by atoms with E-state index in [4.69, 9.17) is 23.8 Å². The molecule has 184 valence electrons. The van der Waals surface area contributed by atoms with Gasteiger partial charge < -0.3 is 23.8 Å². The van der Waals surface area contributed by atoms with Crippen molar-refractivity contribution in [3.05, 3.63) is 59.2 Å². The molecule has 0 fully saturated rings. The molecule has 0 aromatic heterocycles. The Morgan fingerprint density at radius 2 is 1.65 bits per heavy atom. The molecule has 0 aliphatic heterocycles. The monoisotopic (exact) mass is 471 g/mol. The minimum atomic E-state index is -0.595. The van der Waals surface area contributed by atoms with Gasteiger partial charge in [-0.15, -0.1) is 0 Å². The average molecular weight is 472 g/mol. The molecule has 2 rings (SSSR count). The molecule has 0 saturated heterocycles. The van der Waals surface area contributed by atoms with Crippen LogP contribution in [0.3, 0.4) is 0 Å². The molecule has 0 unspecified atom stereocenters. The first-order valence-corrected chi connectivity index (χ1v) is 11.0. The summed E-state index contributed by atoms with van der Waals surface area (Å²) < 4.78 is 22.0. The van der Waals surface area contributed by atoms with Gasteiger partial charge in [0.25, 0.3) is 0 Å². The molecule has 0 aliphatic rings. The Bertz CT molecular complexity index is 997. The fourth-order valence-electron chi connectivity index (χ4n) is 2.92. The van der Waals surface area contributed by atoms with E-state index in [0.717, 1.165) is 11.1 Å². The van der Waals surface area contributed by atoms with Gasteiger partial charge in [-0.25, -0.2) is 4.79 Å². The molecule has 0 spiro atoms. The third kappa shape index (κ3) is 7.23. The van der Waals surface area contributed by atoms with E-state index in [0.29, 0.717) is 36.7 Å². The maximum Gasteiger partial charge on any atom is 0.360 e. The standard InChI is InChI=1S/C26H33NO7/c1-7-26(3,4)25(29)34-17-20-10-8-9-18(2)23(20)33-16-15-32-21-13-11-19(12-14-21)22(27-31-6)24(28)30-5/h8-14H,7,15-17H2,1-6H3. The molecule has 0 amide bonds. The zero-order valence-electron chi connectivity index (χ0n) is 20.7. The first-order chi connectivity index (χ1) is 16.2. The molecule has 2 aromatic carbocycles. The molecule has 34 heavy (non-hydrogen) atoms. The van der Waals surface area contributed by atoms with Crippen LogP contribution in [0.5, 0.6) is 11.5 Å². The fraction of sp³-hybridized carbons (Fsp3) is 0.423. The van der Waals surface area contributed by atoms with Crippen molar-refractivity contribution in [1.82, 2.24) is 0 Å².